The fourth-order valence-corrected chi connectivity index (χ4v) is 1.66. The van der Waals surface area contributed by atoms with Crippen LogP contribution in [0.15, 0.2) is 46.9 Å². The maximum absolute atomic E-state index is 13.4. The topological polar surface area (TPSA) is 26.0 Å². The van der Waals surface area contributed by atoms with Gasteiger partial charge in [-0.15, -0.1) is 0 Å². The molecule has 84 valence electrons. The van der Waals surface area contributed by atoms with Gasteiger partial charge in [0.15, 0.2) is 11.4 Å². The van der Waals surface area contributed by atoms with Gasteiger partial charge < -0.3 is 4.42 Å². The van der Waals surface area contributed by atoms with E-state index in [-0.39, 0.29) is 17.3 Å². The summed E-state index contributed by atoms with van der Waals surface area (Å²) in [5.41, 5.74) is 0.997. The number of benzene rings is 2. The monoisotopic (exact) mass is 231 g/mol. The molecule has 0 amide bonds. The third-order valence-electron chi connectivity index (χ3n) is 2.44. The van der Waals surface area contributed by atoms with Crippen molar-refractivity contribution in [2.45, 2.75) is 0 Å². The molecule has 0 spiro atoms. The van der Waals surface area contributed by atoms with Crippen molar-refractivity contribution in [3.63, 3.8) is 0 Å². The Morgan fingerprint density at radius 2 is 1.82 bits per heavy atom. The third-order valence-corrected chi connectivity index (χ3v) is 2.44. The van der Waals surface area contributed by atoms with Gasteiger partial charge in [-0.1, -0.05) is 12.1 Å². The SMILES string of the molecule is Fc1cccc(-c2nc3cccc(F)c3o2)c1. The summed E-state index contributed by atoms with van der Waals surface area (Å²) in [7, 11) is 0. The Kier molecular flexibility index (Phi) is 2.14. The van der Waals surface area contributed by atoms with Crippen LogP contribution in [0.25, 0.3) is 22.6 Å². The third kappa shape index (κ3) is 1.67. The summed E-state index contributed by atoms with van der Waals surface area (Å²) in [6, 6.07) is 10.3. The summed E-state index contributed by atoms with van der Waals surface area (Å²) >= 11 is 0. The van der Waals surface area contributed by atoms with Gasteiger partial charge in [0.1, 0.15) is 11.3 Å². The lowest BCUT2D eigenvalue weighted by molar-refractivity contribution is 0.563. The second-order valence-electron chi connectivity index (χ2n) is 3.62. The van der Waals surface area contributed by atoms with Crippen molar-refractivity contribution in [2.75, 3.05) is 0 Å². The van der Waals surface area contributed by atoms with Crippen molar-refractivity contribution in [2.24, 2.45) is 0 Å². The largest absolute Gasteiger partial charge is 0.433 e. The van der Waals surface area contributed by atoms with Gasteiger partial charge in [0.2, 0.25) is 5.89 Å². The fourth-order valence-electron chi connectivity index (χ4n) is 1.66. The number of rotatable bonds is 1. The molecular weight excluding hydrogens is 224 g/mol. The Labute approximate surface area is 95.5 Å². The zero-order chi connectivity index (χ0) is 11.8. The molecule has 0 aliphatic carbocycles. The minimum absolute atomic E-state index is 0.0896. The molecule has 0 radical (unpaired) electrons. The van der Waals surface area contributed by atoms with Gasteiger partial charge in [0.25, 0.3) is 0 Å². The highest BCUT2D eigenvalue weighted by atomic mass is 19.1. The van der Waals surface area contributed by atoms with Crippen LogP contribution in [0.4, 0.5) is 8.78 Å². The number of fused-ring (bicyclic) bond motifs is 1. The van der Waals surface area contributed by atoms with Crippen LogP contribution in [0.2, 0.25) is 0 Å². The summed E-state index contributed by atoms with van der Waals surface area (Å²) in [5, 5.41) is 0. The van der Waals surface area contributed by atoms with Crippen molar-refractivity contribution < 1.29 is 13.2 Å². The molecule has 0 saturated carbocycles. The first-order valence-corrected chi connectivity index (χ1v) is 5.05. The van der Waals surface area contributed by atoms with E-state index in [1.807, 2.05) is 0 Å². The van der Waals surface area contributed by atoms with E-state index in [2.05, 4.69) is 4.98 Å². The van der Waals surface area contributed by atoms with E-state index in [9.17, 15) is 8.78 Å². The second-order valence-corrected chi connectivity index (χ2v) is 3.62. The first-order chi connectivity index (χ1) is 8.24. The van der Waals surface area contributed by atoms with Gasteiger partial charge >= 0.3 is 0 Å². The van der Waals surface area contributed by atoms with E-state index in [1.165, 1.54) is 18.2 Å². The van der Waals surface area contributed by atoms with E-state index in [0.29, 0.717) is 11.1 Å². The molecule has 2 nitrogen and oxygen atoms in total. The van der Waals surface area contributed by atoms with Crippen molar-refractivity contribution in [1.82, 2.24) is 4.98 Å². The Morgan fingerprint density at radius 3 is 2.59 bits per heavy atom. The summed E-state index contributed by atoms with van der Waals surface area (Å²) in [6.45, 7) is 0. The van der Waals surface area contributed by atoms with Gasteiger partial charge in [-0.2, -0.15) is 0 Å². The molecule has 1 aromatic heterocycles. The summed E-state index contributed by atoms with van der Waals surface area (Å²) in [6.07, 6.45) is 0. The van der Waals surface area contributed by atoms with Crippen LogP contribution in [0.3, 0.4) is 0 Å². The van der Waals surface area contributed by atoms with Gasteiger partial charge in [-0.05, 0) is 30.3 Å². The van der Waals surface area contributed by atoms with Gasteiger partial charge in [0, 0.05) is 5.56 Å². The molecule has 2 aromatic carbocycles. The molecule has 0 saturated heterocycles. The van der Waals surface area contributed by atoms with Crippen LogP contribution in [0.1, 0.15) is 0 Å². The lowest BCUT2D eigenvalue weighted by Gasteiger charge is -1.93. The lowest BCUT2D eigenvalue weighted by atomic mass is 10.2. The van der Waals surface area contributed by atoms with E-state index in [4.69, 9.17) is 4.42 Å². The van der Waals surface area contributed by atoms with E-state index in [0.717, 1.165) is 0 Å². The number of aromatic nitrogens is 1. The normalized spacial score (nSPS) is 10.9. The zero-order valence-corrected chi connectivity index (χ0v) is 8.65. The Hall–Kier alpha value is -2.23. The summed E-state index contributed by atoms with van der Waals surface area (Å²) < 4.78 is 31.7. The smallest absolute Gasteiger partial charge is 0.227 e. The van der Waals surface area contributed by atoms with Gasteiger partial charge in [0.05, 0.1) is 0 Å². The predicted molar refractivity (Wildman–Crippen MR) is 59.4 cm³/mol. The number of hydrogen-bond donors (Lipinski definition) is 0. The van der Waals surface area contributed by atoms with Crippen molar-refractivity contribution in [3.05, 3.63) is 54.1 Å². The summed E-state index contributed by atoms with van der Waals surface area (Å²) in [4.78, 5) is 4.11. The molecule has 0 aliphatic rings. The lowest BCUT2D eigenvalue weighted by Crippen LogP contribution is -1.78. The van der Waals surface area contributed by atoms with Crippen LogP contribution in [0, 0.1) is 11.6 Å². The highest BCUT2D eigenvalue weighted by molar-refractivity contribution is 5.76. The number of halogens is 2. The highest BCUT2D eigenvalue weighted by Crippen LogP contribution is 2.26. The Bertz CT molecular complexity index is 691. The average molecular weight is 231 g/mol. The molecule has 3 rings (SSSR count). The molecule has 0 atom stereocenters. The molecule has 0 fully saturated rings. The van der Waals surface area contributed by atoms with E-state index >= 15 is 0 Å². The Morgan fingerprint density at radius 1 is 1.00 bits per heavy atom. The first kappa shape index (κ1) is 9.96. The second kappa shape index (κ2) is 3.66. The Balaban J connectivity index is 2.22. The molecule has 4 heteroatoms. The van der Waals surface area contributed by atoms with Crippen molar-refractivity contribution >= 4 is 11.1 Å². The fraction of sp³-hybridized carbons (Fsp3) is 0. The molecule has 17 heavy (non-hydrogen) atoms. The molecule has 1 heterocycles. The van der Waals surface area contributed by atoms with Crippen molar-refractivity contribution in [1.29, 1.82) is 0 Å². The maximum atomic E-state index is 13.4. The minimum atomic E-state index is -0.474. The van der Waals surface area contributed by atoms with Gasteiger partial charge in [-0.3, -0.25) is 0 Å². The molecule has 0 N–H and O–H groups in total. The molecule has 0 bridgehead atoms. The van der Waals surface area contributed by atoms with Gasteiger partial charge in [-0.25, -0.2) is 13.8 Å². The average Bonchev–Trinajstić information content (AvgIpc) is 2.74. The van der Waals surface area contributed by atoms with Crippen LogP contribution < -0.4 is 0 Å². The standard InChI is InChI=1S/C13H7F2NO/c14-9-4-1-3-8(7-9)13-16-11-6-2-5-10(15)12(11)17-13/h1-7H. The molecule has 0 aliphatic heterocycles. The van der Waals surface area contributed by atoms with E-state index in [1.54, 1.807) is 24.3 Å². The van der Waals surface area contributed by atoms with Crippen LogP contribution in [-0.2, 0) is 0 Å². The number of nitrogens with zero attached hydrogens (tertiary/aromatic N) is 1. The molecule has 0 unspecified atom stereocenters. The maximum Gasteiger partial charge on any atom is 0.227 e. The quantitative estimate of drug-likeness (QED) is 0.637. The molecule has 3 aromatic rings. The zero-order valence-electron chi connectivity index (χ0n) is 8.65. The van der Waals surface area contributed by atoms with Crippen molar-refractivity contribution in [3.8, 4) is 11.5 Å². The van der Waals surface area contributed by atoms with E-state index < -0.39 is 5.82 Å². The highest BCUT2D eigenvalue weighted by Gasteiger charge is 2.11. The predicted octanol–water partition coefficient (Wildman–Crippen LogP) is 3.77. The van der Waals surface area contributed by atoms with Crippen LogP contribution in [0.5, 0.6) is 0 Å². The minimum Gasteiger partial charge on any atom is -0.433 e. The van der Waals surface area contributed by atoms with Crippen LogP contribution >= 0.6 is 0 Å². The van der Waals surface area contributed by atoms with Crippen LogP contribution in [-0.4, -0.2) is 4.98 Å². The summed E-state index contributed by atoms with van der Waals surface area (Å²) in [5.74, 6) is -0.646. The molecular formula is C13H7F2NO. The number of oxazole rings is 1. The number of para-hydroxylation sites is 1. The number of hydrogen-bond acceptors (Lipinski definition) is 2. The first-order valence-electron chi connectivity index (χ1n) is 5.05.